The maximum Gasteiger partial charge on any atom is 0.460 e. The molecule has 2 atom stereocenters. The van der Waals surface area contributed by atoms with Crippen LogP contribution in [0, 0.1) is 0 Å². The lowest BCUT2D eigenvalue weighted by Crippen LogP contribution is -2.64. The summed E-state index contributed by atoms with van der Waals surface area (Å²) >= 11 is 0. The first-order chi connectivity index (χ1) is 7.05. The molecule has 0 aliphatic carbocycles. The maximum atomic E-state index is 12.7. The van der Waals surface area contributed by atoms with Gasteiger partial charge in [0.05, 0.1) is 0 Å². The van der Waals surface area contributed by atoms with E-state index in [9.17, 15) is 13.2 Å². The van der Waals surface area contributed by atoms with E-state index in [2.05, 4.69) is 4.90 Å². The van der Waals surface area contributed by atoms with Gasteiger partial charge in [-0.1, -0.05) is 0 Å². The van der Waals surface area contributed by atoms with E-state index in [1.165, 1.54) is 0 Å². The van der Waals surface area contributed by atoms with Crippen LogP contribution in [0.4, 0.5) is 13.2 Å². The zero-order valence-electron chi connectivity index (χ0n) is 10.6. The summed E-state index contributed by atoms with van der Waals surface area (Å²) < 4.78 is 38.1. The normalized spacial score (nSPS) is 30.8. The first-order valence-corrected chi connectivity index (χ1v) is 5.65. The molecule has 1 saturated heterocycles. The van der Waals surface area contributed by atoms with Crippen LogP contribution in [0.3, 0.4) is 0 Å². The van der Waals surface area contributed by atoms with Crippen LogP contribution in [0.2, 0.25) is 0 Å². The molecular weight excluding hydrogens is 217 g/mol. The van der Waals surface area contributed by atoms with Crippen LogP contribution in [0.5, 0.6) is 0 Å². The number of nitrogens with zero attached hydrogens (tertiary/aromatic N) is 2. The van der Waals surface area contributed by atoms with E-state index in [0.29, 0.717) is 11.4 Å². The largest absolute Gasteiger partial charge is 0.460 e. The molecule has 0 spiro atoms. The van der Waals surface area contributed by atoms with Crippen LogP contribution in [-0.2, 0) is 0 Å². The minimum atomic E-state index is -4.21. The van der Waals surface area contributed by atoms with Crippen LogP contribution in [0.1, 0.15) is 34.6 Å². The summed E-state index contributed by atoms with van der Waals surface area (Å²) in [5.74, 6) is 0. The Morgan fingerprint density at radius 3 is 1.62 bits per heavy atom. The Balaban J connectivity index is 2.81. The van der Waals surface area contributed by atoms with E-state index >= 15 is 0 Å². The van der Waals surface area contributed by atoms with E-state index in [-0.39, 0.29) is 18.1 Å². The first kappa shape index (κ1) is 13.8. The van der Waals surface area contributed by atoms with Crippen LogP contribution >= 0.6 is 0 Å². The Bertz CT molecular complexity index is 219. The molecule has 0 bridgehead atoms. The Labute approximate surface area is 95.4 Å². The number of hydrogen-bond acceptors (Lipinski definition) is 2. The van der Waals surface area contributed by atoms with Gasteiger partial charge in [-0.15, -0.1) is 0 Å². The number of hydrogen-bond donors (Lipinski definition) is 0. The molecule has 1 aliphatic heterocycles. The van der Waals surface area contributed by atoms with Crippen molar-refractivity contribution >= 4 is 0 Å². The maximum absolute atomic E-state index is 12.7. The lowest BCUT2D eigenvalue weighted by Gasteiger charge is -2.50. The topological polar surface area (TPSA) is 6.48 Å². The van der Waals surface area contributed by atoms with E-state index in [4.69, 9.17) is 0 Å². The second-order valence-electron chi connectivity index (χ2n) is 5.51. The van der Waals surface area contributed by atoms with Crippen LogP contribution in [0.25, 0.3) is 0 Å². The Morgan fingerprint density at radius 1 is 0.875 bits per heavy atom. The smallest absolute Gasteiger partial charge is 0.293 e. The van der Waals surface area contributed by atoms with Gasteiger partial charge < -0.3 is 0 Å². The molecule has 0 radical (unpaired) electrons. The van der Waals surface area contributed by atoms with Crippen LogP contribution in [0.15, 0.2) is 0 Å². The summed E-state index contributed by atoms with van der Waals surface area (Å²) in [6, 6.07) is -0.580. The predicted octanol–water partition coefficient (Wildman–Crippen LogP) is 2.70. The Hall–Kier alpha value is -0.290. The highest BCUT2D eigenvalue weighted by molar-refractivity contribution is 4.92. The van der Waals surface area contributed by atoms with Crippen molar-refractivity contribution in [3.8, 4) is 0 Å². The summed E-state index contributed by atoms with van der Waals surface area (Å²) in [5, 5.41) is 0. The van der Waals surface area contributed by atoms with Gasteiger partial charge in [0.2, 0.25) is 0 Å². The van der Waals surface area contributed by atoms with Gasteiger partial charge in [-0.05, 0) is 34.6 Å². The standard InChI is InChI=1S/C11H21F3N2/c1-8-9(2)16(11(12,13)14)7-6-15(8)10(3,4)5/h8-9H,6-7H2,1-5H3/t8-,9-/m1/s1. The fraction of sp³-hybridized carbons (Fsp3) is 1.00. The van der Waals surface area contributed by atoms with Crippen molar-refractivity contribution in [3.05, 3.63) is 0 Å². The van der Waals surface area contributed by atoms with E-state index in [0.717, 1.165) is 0 Å². The van der Waals surface area contributed by atoms with Crippen LogP contribution < -0.4 is 0 Å². The molecular formula is C11H21F3N2. The highest BCUT2D eigenvalue weighted by Crippen LogP contribution is 2.31. The quantitative estimate of drug-likeness (QED) is 0.599. The molecule has 1 rings (SSSR count). The van der Waals surface area contributed by atoms with Gasteiger partial charge >= 0.3 is 6.30 Å². The molecule has 1 aliphatic rings. The minimum Gasteiger partial charge on any atom is -0.293 e. The molecule has 16 heavy (non-hydrogen) atoms. The molecule has 0 aromatic heterocycles. The fourth-order valence-corrected chi connectivity index (χ4v) is 2.45. The van der Waals surface area contributed by atoms with E-state index < -0.39 is 12.3 Å². The summed E-state index contributed by atoms with van der Waals surface area (Å²) in [5.41, 5.74) is -0.0780. The van der Waals surface area contributed by atoms with Crippen molar-refractivity contribution < 1.29 is 13.2 Å². The molecule has 0 amide bonds. The van der Waals surface area contributed by atoms with Crippen molar-refractivity contribution in [2.45, 2.75) is 58.5 Å². The average molecular weight is 238 g/mol. The number of rotatable bonds is 0. The molecule has 0 aromatic carbocycles. The van der Waals surface area contributed by atoms with Gasteiger partial charge in [-0.25, -0.2) is 4.90 Å². The third kappa shape index (κ3) is 2.69. The molecule has 5 heteroatoms. The first-order valence-electron chi connectivity index (χ1n) is 5.65. The SMILES string of the molecule is C[C@@H]1[C@@H](C)N(C(F)(F)F)CCN1C(C)(C)C. The predicted molar refractivity (Wildman–Crippen MR) is 58.1 cm³/mol. The summed E-state index contributed by atoms with van der Waals surface area (Å²) in [4.78, 5) is 2.78. The van der Waals surface area contributed by atoms with Gasteiger partial charge in [-0.3, -0.25) is 4.90 Å². The minimum absolute atomic E-state index is 0.0618. The van der Waals surface area contributed by atoms with Gasteiger partial charge in [0.25, 0.3) is 0 Å². The molecule has 0 aromatic rings. The second-order valence-corrected chi connectivity index (χ2v) is 5.51. The van der Waals surface area contributed by atoms with Crippen molar-refractivity contribution in [3.63, 3.8) is 0 Å². The number of piperazine rings is 1. The zero-order chi connectivity index (χ0) is 12.7. The summed E-state index contributed by atoms with van der Waals surface area (Å²) in [6.07, 6.45) is -4.21. The van der Waals surface area contributed by atoms with Crippen molar-refractivity contribution in [1.82, 2.24) is 9.80 Å². The average Bonchev–Trinajstić information content (AvgIpc) is 2.05. The number of halogens is 3. The zero-order valence-corrected chi connectivity index (χ0v) is 10.6. The lowest BCUT2D eigenvalue weighted by atomic mass is 9.97. The Kier molecular flexibility index (Phi) is 3.60. The van der Waals surface area contributed by atoms with E-state index in [1.54, 1.807) is 6.92 Å². The third-order valence-electron chi connectivity index (χ3n) is 3.45. The van der Waals surface area contributed by atoms with Crippen molar-refractivity contribution in [2.75, 3.05) is 13.1 Å². The molecule has 2 nitrogen and oxygen atoms in total. The third-order valence-corrected chi connectivity index (χ3v) is 3.45. The molecule has 0 saturated carbocycles. The van der Waals surface area contributed by atoms with Gasteiger partial charge in [0, 0.05) is 30.7 Å². The van der Waals surface area contributed by atoms with Gasteiger partial charge in [0.1, 0.15) is 0 Å². The fourth-order valence-electron chi connectivity index (χ4n) is 2.45. The van der Waals surface area contributed by atoms with Crippen molar-refractivity contribution in [2.24, 2.45) is 0 Å². The molecule has 0 unspecified atom stereocenters. The molecule has 1 heterocycles. The lowest BCUT2D eigenvalue weighted by molar-refractivity contribution is -0.273. The van der Waals surface area contributed by atoms with E-state index in [1.807, 2.05) is 27.7 Å². The van der Waals surface area contributed by atoms with Gasteiger partial charge in [0.15, 0.2) is 0 Å². The second kappa shape index (κ2) is 4.18. The summed E-state index contributed by atoms with van der Waals surface area (Å²) in [6.45, 7) is 10.2. The molecule has 1 fully saturated rings. The molecule has 0 N–H and O–H groups in total. The monoisotopic (exact) mass is 238 g/mol. The number of alkyl halides is 3. The molecule has 96 valence electrons. The van der Waals surface area contributed by atoms with Gasteiger partial charge in [-0.2, -0.15) is 13.2 Å². The highest BCUT2D eigenvalue weighted by Gasteiger charge is 2.47. The highest BCUT2D eigenvalue weighted by atomic mass is 19.4. The summed E-state index contributed by atoms with van der Waals surface area (Å²) in [7, 11) is 0. The van der Waals surface area contributed by atoms with Crippen molar-refractivity contribution in [1.29, 1.82) is 0 Å². The Morgan fingerprint density at radius 2 is 1.25 bits per heavy atom. The van der Waals surface area contributed by atoms with Crippen LogP contribution in [-0.4, -0.2) is 46.8 Å².